The van der Waals surface area contributed by atoms with Crippen LogP contribution in [0.15, 0.2) is 35.1 Å². The zero-order valence-corrected chi connectivity index (χ0v) is 19.6. The molecular formula is C19H18I2N4O4. The lowest BCUT2D eigenvalue weighted by molar-refractivity contribution is -0.385. The van der Waals surface area contributed by atoms with Gasteiger partial charge in [0.1, 0.15) is 0 Å². The number of piperidine rings is 1. The third-order valence-corrected chi connectivity index (χ3v) is 7.13. The summed E-state index contributed by atoms with van der Waals surface area (Å²) in [4.78, 5) is 37.5. The Kier molecular flexibility index (Phi) is 5.93. The molecule has 0 aliphatic carbocycles. The maximum atomic E-state index is 12.7. The molecule has 1 aromatic heterocycles. The number of non-ortho nitro benzene ring substituents is 1. The molecule has 2 unspecified atom stereocenters. The molecule has 0 radical (unpaired) electrons. The topological polar surface area (TPSA) is 97.5 Å². The molecule has 0 saturated carbocycles. The number of amides is 1. The largest absolute Gasteiger partial charge is 0.323 e. The van der Waals surface area contributed by atoms with E-state index in [9.17, 15) is 19.7 Å². The smallest absolute Gasteiger partial charge is 0.271 e. The molecule has 2 aliphatic heterocycles. The van der Waals surface area contributed by atoms with Crippen LogP contribution in [0, 0.1) is 23.2 Å². The Labute approximate surface area is 194 Å². The van der Waals surface area contributed by atoms with Crippen LogP contribution in [0.25, 0.3) is 0 Å². The number of halogens is 2. The molecule has 1 fully saturated rings. The second-order valence-electron chi connectivity index (χ2n) is 7.48. The number of aromatic nitrogens is 1. The van der Waals surface area contributed by atoms with E-state index in [1.54, 1.807) is 12.1 Å². The van der Waals surface area contributed by atoms with Crippen molar-refractivity contribution < 1.29 is 9.72 Å². The number of hydrogen-bond donors (Lipinski definition) is 1. The number of anilines is 1. The van der Waals surface area contributed by atoms with E-state index in [2.05, 4.69) is 10.2 Å². The summed E-state index contributed by atoms with van der Waals surface area (Å²) in [7, 11) is 0. The van der Waals surface area contributed by atoms with Gasteiger partial charge < -0.3 is 9.88 Å². The molecule has 1 aromatic carbocycles. The zero-order valence-electron chi connectivity index (χ0n) is 15.3. The Morgan fingerprint density at radius 1 is 1.21 bits per heavy atom. The number of fused-ring (bicyclic) bond motifs is 4. The molecule has 29 heavy (non-hydrogen) atoms. The molecule has 2 aliphatic rings. The van der Waals surface area contributed by atoms with Crippen molar-refractivity contribution in [1.82, 2.24) is 9.47 Å². The van der Waals surface area contributed by atoms with Crippen molar-refractivity contribution in [2.75, 3.05) is 25.0 Å². The second kappa shape index (κ2) is 8.30. The minimum Gasteiger partial charge on any atom is -0.323 e. The summed E-state index contributed by atoms with van der Waals surface area (Å²) >= 11 is 4.01. The number of carbonyl (C=O) groups is 1. The van der Waals surface area contributed by atoms with E-state index in [0.29, 0.717) is 25.3 Å². The summed E-state index contributed by atoms with van der Waals surface area (Å²) in [5.74, 6) is 0.470. The molecule has 4 rings (SSSR count). The Morgan fingerprint density at radius 2 is 1.93 bits per heavy atom. The van der Waals surface area contributed by atoms with Crippen LogP contribution in [0.4, 0.5) is 11.4 Å². The third kappa shape index (κ3) is 4.33. The van der Waals surface area contributed by atoms with E-state index in [1.807, 2.05) is 55.8 Å². The molecule has 3 heterocycles. The number of likely N-dealkylation sites (tertiary alicyclic amines) is 1. The van der Waals surface area contributed by atoms with Crippen molar-refractivity contribution in [3.8, 4) is 0 Å². The van der Waals surface area contributed by atoms with E-state index in [4.69, 9.17) is 0 Å². The van der Waals surface area contributed by atoms with Gasteiger partial charge in [-0.2, -0.15) is 0 Å². The monoisotopic (exact) mass is 620 g/mol. The molecule has 2 bridgehead atoms. The number of carbonyl (C=O) groups excluding carboxylic acids is 1. The van der Waals surface area contributed by atoms with E-state index in [0.717, 1.165) is 25.2 Å². The minimum atomic E-state index is -0.439. The highest BCUT2D eigenvalue weighted by Crippen LogP contribution is 2.35. The fraction of sp³-hybridized carbons (Fsp3) is 0.368. The van der Waals surface area contributed by atoms with Crippen molar-refractivity contribution in [3.05, 3.63) is 63.6 Å². The molecule has 2 aromatic rings. The van der Waals surface area contributed by atoms with Crippen LogP contribution < -0.4 is 10.9 Å². The molecule has 8 nitrogen and oxygen atoms in total. The molecule has 10 heteroatoms. The van der Waals surface area contributed by atoms with Gasteiger partial charge in [0.05, 0.1) is 17.2 Å². The van der Waals surface area contributed by atoms with Gasteiger partial charge in [0.2, 0.25) is 5.91 Å². The highest BCUT2D eigenvalue weighted by Gasteiger charge is 2.35. The van der Waals surface area contributed by atoms with Crippen molar-refractivity contribution >= 4 is 62.5 Å². The van der Waals surface area contributed by atoms with Crippen LogP contribution in [0.2, 0.25) is 0 Å². The van der Waals surface area contributed by atoms with Crippen molar-refractivity contribution in [2.45, 2.75) is 18.9 Å². The van der Waals surface area contributed by atoms with Gasteiger partial charge in [0, 0.05) is 56.6 Å². The molecule has 152 valence electrons. The Hall–Kier alpha value is -1.54. The second-order valence-corrected chi connectivity index (χ2v) is 9.81. The van der Waals surface area contributed by atoms with E-state index in [-0.39, 0.29) is 29.6 Å². The van der Waals surface area contributed by atoms with E-state index < -0.39 is 4.92 Å². The van der Waals surface area contributed by atoms with Crippen LogP contribution in [0.5, 0.6) is 0 Å². The Morgan fingerprint density at radius 3 is 2.62 bits per heavy atom. The first-order valence-electron chi connectivity index (χ1n) is 9.17. The predicted molar refractivity (Wildman–Crippen MR) is 125 cm³/mol. The molecule has 2 atom stereocenters. The molecule has 1 saturated heterocycles. The predicted octanol–water partition coefficient (Wildman–Crippen LogP) is 3.02. The number of rotatable bonds is 4. The Bertz CT molecular complexity index is 1030. The lowest BCUT2D eigenvalue weighted by atomic mass is 9.83. The molecule has 1 N–H and O–H groups in total. The van der Waals surface area contributed by atoms with E-state index in [1.165, 1.54) is 12.1 Å². The number of hydrogen-bond acceptors (Lipinski definition) is 5. The first kappa shape index (κ1) is 20.7. The van der Waals surface area contributed by atoms with Crippen LogP contribution in [0.1, 0.15) is 18.0 Å². The zero-order chi connectivity index (χ0) is 20.7. The van der Waals surface area contributed by atoms with Gasteiger partial charge in [-0.15, -0.1) is 0 Å². The number of benzene rings is 1. The first-order chi connectivity index (χ1) is 13.8. The van der Waals surface area contributed by atoms with Crippen molar-refractivity contribution in [1.29, 1.82) is 0 Å². The third-order valence-electron chi connectivity index (χ3n) is 5.42. The summed E-state index contributed by atoms with van der Waals surface area (Å²) < 4.78 is 3.15. The average molecular weight is 620 g/mol. The van der Waals surface area contributed by atoms with Gasteiger partial charge >= 0.3 is 0 Å². The summed E-state index contributed by atoms with van der Waals surface area (Å²) in [6, 6.07) is 8.33. The molecule has 0 spiro atoms. The van der Waals surface area contributed by atoms with Crippen LogP contribution in [-0.4, -0.2) is 39.9 Å². The highest BCUT2D eigenvalue weighted by molar-refractivity contribution is 14.1. The molecular weight excluding hydrogens is 602 g/mol. The lowest BCUT2D eigenvalue weighted by Crippen LogP contribution is -2.49. The highest BCUT2D eigenvalue weighted by atomic mass is 127. The average Bonchev–Trinajstić information content (AvgIpc) is 2.65. The fourth-order valence-corrected chi connectivity index (χ4v) is 6.30. The van der Waals surface area contributed by atoms with Crippen LogP contribution >= 0.6 is 45.2 Å². The van der Waals surface area contributed by atoms with Crippen LogP contribution in [0.3, 0.4) is 0 Å². The quantitative estimate of drug-likeness (QED) is 0.322. The summed E-state index contributed by atoms with van der Waals surface area (Å²) in [6.07, 6.45) is 1.04. The standard InChI is InChI=1S/C19H18I2N4O4/c20-14-5-13(25(28)29)6-15(21)19(14)22-17(26)10-23-7-11-4-12(9-23)16-2-1-3-18(27)24(16)8-11/h1-3,5-6,11-12H,4,7-10H2,(H,22,26). The number of pyridine rings is 1. The fourth-order valence-electron chi connectivity index (χ4n) is 4.29. The number of nitrogens with zero attached hydrogens (tertiary/aromatic N) is 3. The van der Waals surface area contributed by atoms with Crippen molar-refractivity contribution in [3.63, 3.8) is 0 Å². The van der Waals surface area contributed by atoms with E-state index >= 15 is 0 Å². The van der Waals surface area contributed by atoms with Gasteiger partial charge in [-0.05, 0) is 63.6 Å². The normalized spacial score (nSPS) is 20.8. The SMILES string of the molecule is O=C(CN1CC2CC(C1)c1cccc(=O)n1C2)Nc1c(I)cc([N+](=O)[O-])cc1I. The van der Waals surface area contributed by atoms with Gasteiger partial charge in [0.25, 0.3) is 11.2 Å². The summed E-state index contributed by atoms with van der Waals surface area (Å²) in [5, 5.41) is 13.9. The maximum Gasteiger partial charge on any atom is 0.271 e. The van der Waals surface area contributed by atoms with Gasteiger partial charge in [-0.1, -0.05) is 6.07 Å². The summed E-state index contributed by atoms with van der Waals surface area (Å²) in [6.45, 7) is 2.47. The Balaban J connectivity index is 1.45. The summed E-state index contributed by atoms with van der Waals surface area (Å²) in [5.41, 5.74) is 1.72. The first-order valence-corrected chi connectivity index (χ1v) is 11.3. The number of nitro groups is 1. The maximum absolute atomic E-state index is 12.7. The number of nitrogens with one attached hydrogen (secondary N) is 1. The van der Waals surface area contributed by atoms with Crippen molar-refractivity contribution in [2.24, 2.45) is 5.92 Å². The van der Waals surface area contributed by atoms with Gasteiger partial charge in [-0.25, -0.2) is 0 Å². The minimum absolute atomic E-state index is 0.00885. The van der Waals surface area contributed by atoms with Gasteiger partial charge in [-0.3, -0.25) is 24.6 Å². The number of nitro benzene ring substituents is 1. The van der Waals surface area contributed by atoms with Crippen LogP contribution in [-0.2, 0) is 11.3 Å². The lowest BCUT2D eigenvalue weighted by Gasteiger charge is -2.42. The van der Waals surface area contributed by atoms with Gasteiger partial charge in [0.15, 0.2) is 0 Å². The molecule has 1 amide bonds.